The predicted octanol–water partition coefficient (Wildman–Crippen LogP) is 3.81. The normalized spacial score (nSPS) is 18.8. The van der Waals surface area contributed by atoms with E-state index in [2.05, 4.69) is 12.2 Å². The van der Waals surface area contributed by atoms with Crippen molar-refractivity contribution in [3.05, 3.63) is 0 Å². The number of rotatable bonds is 8. The topological polar surface area (TPSA) is 38.3 Å². The van der Waals surface area contributed by atoms with E-state index >= 15 is 0 Å². The zero-order chi connectivity index (χ0) is 13.9. The maximum absolute atomic E-state index is 11.9. The minimum Gasteiger partial charge on any atom is -0.468 e. The van der Waals surface area contributed by atoms with Crippen molar-refractivity contribution in [3.63, 3.8) is 0 Å². The molecule has 0 bridgehead atoms. The predicted molar refractivity (Wildman–Crippen MR) is 79.2 cm³/mol. The summed E-state index contributed by atoms with van der Waals surface area (Å²) in [6, 6.07) is 0.419. The van der Waals surface area contributed by atoms with Gasteiger partial charge in [-0.2, -0.15) is 0 Å². The third kappa shape index (κ3) is 6.95. The zero-order valence-electron chi connectivity index (χ0n) is 12.7. The van der Waals surface area contributed by atoms with E-state index in [0.717, 1.165) is 12.8 Å². The quantitative estimate of drug-likeness (QED) is 0.414. The molecule has 0 radical (unpaired) electrons. The number of hydrogen-bond donors (Lipinski definition) is 1. The van der Waals surface area contributed by atoms with Gasteiger partial charge in [0.2, 0.25) is 0 Å². The van der Waals surface area contributed by atoms with E-state index in [1.807, 2.05) is 0 Å². The van der Waals surface area contributed by atoms with Gasteiger partial charge < -0.3 is 10.1 Å². The molecule has 1 atom stereocenters. The molecule has 19 heavy (non-hydrogen) atoms. The van der Waals surface area contributed by atoms with Crippen molar-refractivity contribution in [2.24, 2.45) is 0 Å². The standard InChI is InChI=1S/C16H31NO2/c1-3-4-5-10-13-15(16(18)19-2)17-14-11-8-6-7-9-12-14/h14-15,17H,3-13H2,1-2H3. The first-order valence-electron chi connectivity index (χ1n) is 8.11. The number of esters is 1. The third-order valence-corrected chi connectivity index (χ3v) is 4.12. The Hall–Kier alpha value is -0.570. The Bertz CT molecular complexity index is 235. The van der Waals surface area contributed by atoms with Crippen LogP contribution in [0.5, 0.6) is 0 Å². The highest BCUT2D eigenvalue weighted by Crippen LogP contribution is 2.18. The number of nitrogens with one attached hydrogen (secondary N) is 1. The number of carbonyl (C=O) groups is 1. The van der Waals surface area contributed by atoms with E-state index in [1.54, 1.807) is 0 Å². The van der Waals surface area contributed by atoms with Crippen LogP contribution in [0.1, 0.15) is 77.6 Å². The van der Waals surface area contributed by atoms with Gasteiger partial charge in [-0.25, -0.2) is 0 Å². The first-order chi connectivity index (χ1) is 9.27. The zero-order valence-corrected chi connectivity index (χ0v) is 12.7. The van der Waals surface area contributed by atoms with Gasteiger partial charge in [0, 0.05) is 6.04 Å². The first-order valence-corrected chi connectivity index (χ1v) is 8.11. The molecule has 0 aromatic heterocycles. The monoisotopic (exact) mass is 269 g/mol. The largest absolute Gasteiger partial charge is 0.468 e. The fraction of sp³-hybridized carbons (Fsp3) is 0.938. The van der Waals surface area contributed by atoms with E-state index in [-0.39, 0.29) is 12.0 Å². The molecule has 3 heteroatoms. The highest BCUT2D eigenvalue weighted by atomic mass is 16.5. The fourth-order valence-corrected chi connectivity index (χ4v) is 2.92. The molecule has 1 fully saturated rings. The smallest absolute Gasteiger partial charge is 0.322 e. The maximum Gasteiger partial charge on any atom is 0.322 e. The van der Waals surface area contributed by atoms with Crippen LogP contribution in [0.3, 0.4) is 0 Å². The summed E-state index contributed by atoms with van der Waals surface area (Å²) in [7, 11) is 1.50. The van der Waals surface area contributed by atoms with Crippen LogP contribution in [0.15, 0.2) is 0 Å². The molecule has 0 aliphatic heterocycles. The molecule has 0 spiro atoms. The number of methoxy groups -OCH3 is 1. The summed E-state index contributed by atoms with van der Waals surface area (Å²) in [6.07, 6.45) is 13.5. The van der Waals surface area contributed by atoms with Crippen molar-refractivity contribution < 1.29 is 9.53 Å². The highest BCUT2D eigenvalue weighted by Gasteiger charge is 2.22. The molecule has 0 aromatic carbocycles. The second kappa shape index (κ2) is 10.2. The van der Waals surface area contributed by atoms with Gasteiger partial charge in [0.25, 0.3) is 0 Å². The van der Waals surface area contributed by atoms with Gasteiger partial charge in [-0.1, -0.05) is 58.3 Å². The van der Waals surface area contributed by atoms with E-state index < -0.39 is 0 Å². The summed E-state index contributed by atoms with van der Waals surface area (Å²) in [5.41, 5.74) is 0. The molecule has 1 saturated carbocycles. The van der Waals surface area contributed by atoms with Gasteiger partial charge in [-0.3, -0.25) is 4.79 Å². The Morgan fingerprint density at radius 2 is 1.84 bits per heavy atom. The Labute approximate surface area is 118 Å². The van der Waals surface area contributed by atoms with Crippen molar-refractivity contribution in [2.45, 2.75) is 89.6 Å². The Balaban J connectivity index is 2.36. The van der Waals surface area contributed by atoms with E-state index in [4.69, 9.17) is 4.74 Å². The number of hydrogen-bond acceptors (Lipinski definition) is 3. The minimum atomic E-state index is -0.0926. The molecule has 0 aromatic rings. The van der Waals surface area contributed by atoms with Crippen molar-refractivity contribution in [1.29, 1.82) is 0 Å². The average molecular weight is 269 g/mol. The summed E-state index contributed by atoms with van der Waals surface area (Å²) >= 11 is 0. The summed E-state index contributed by atoms with van der Waals surface area (Å²) in [4.78, 5) is 11.9. The van der Waals surface area contributed by atoms with Gasteiger partial charge in [-0.05, 0) is 19.3 Å². The lowest BCUT2D eigenvalue weighted by Crippen LogP contribution is -2.43. The summed E-state index contributed by atoms with van der Waals surface area (Å²) in [6.45, 7) is 2.21. The van der Waals surface area contributed by atoms with Crippen LogP contribution < -0.4 is 5.32 Å². The van der Waals surface area contributed by atoms with E-state index in [1.165, 1.54) is 64.9 Å². The van der Waals surface area contributed by atoms with Gasteiger partial charge in [0.05, 0.1) is 7.11 Å². The second-order valence-corrected chi connectivity index (χ2v) is 5.78. The van der Waals surface area contributed by atoms with Crippen LogP contribution in [-0.4, -0.2) is 25.2 Å². The van der Waals surface area contributed by atoms with Crippen LogP contribution in [0.4, 0.5) is 0 Å². The number of ether oxygens (including phenoxy) is 1. The lowest BCUT2D eigenvalue weighted by atomic mass is 10.0. The van der Waals surface area contributed by atoms with Crippen molar-refractivity contribution in [2.75, 3.05) is 7.11 Å². The van der Waals surface area contributed by atoms with Gasteiger partial charge >= 0.3 is 5.97 Å². The Morgan fingerprint density at radius 3 is 2.42 bits per heavy atom. The molecule has 1 aliphatic carbocycles. The van der Waals surface area contributed by atoms with Crippen LogP contribution in [0, 0.1) is 0 Å². The molecule has 0 heterocycles. The van der Waals surface area contributed by atoms with Crippen LogP contribution in [0.2, 0.25) is 0 Å². The SMILES string of the molecule is CCCCCCC(NC1CCCCCC1)C(=O)OC. The lowest BCUT2D eigenvalue weighted by Gasteiger charge is -2.23. The average Bonchev–Trinajstić information content (AvgIpc) is 2.70. The van der Waals surface area contributed by atoms with Gasteiger partial charge in [0.1, 0.15) is 6.04 Å². The van der Waals surface area contributed by atoms with Crippen molar-refractivity contribution >= 4 is 5.97 Å². The van der Waals surface area contributed by atoms with E-state index in [9.17, 15) is 4.79 Å². The number of unbranched alkanes of at least 4 members (excludes halogenated alkanes) is 3. The molecule has 1 unspecified atom stereocenters. The molecule has 3 nitrogen and oxygen atoms in total. The molecule has 0 amide bonds. The molecule has 1 N–H and O–H groups in total. The molecule has 1 aliphatic rings. The lowest BCUT2D eigenvalue weighted by molar-refractivity contribution is -0.143. The molecule has 1 rings (SSSR count). The third-order valence-electron chi connectivity index (χ3n) is 4.12. The first kappa shape index (κ1) is 16.5. The summed E-state index contributed by atoms with van der Waals surface area (Å²) < 4.78 is 4.94. The van der Waals surface area contributed by atoms with Crippen molar-refractivity contribution in [1.82, 2.24) is 5.32 Å². The molecular formula is C16H31NO2. The van der Waals surface area contributed by atoms with Crippen LogP contribution in [-0.2, 0) is 9.53 Å². The summed E-state index contributed by atoms with van der Waals surface area (Å²) in [5, 5.41) is 3.55. The fourth-order valence-electron chi connectivity index (χ4n) is 2.92. The second-order valence-electron chi connectivity index (χ2n) is 5.78. The summed E-state index contributed by atoms with van der Waals surface area (Å²) in [5.74, 6) is -0.0826. The Kier molecular flexibility index (Phi) is 8.89. The molecule has 0 saturated heterocycles. The van der Waals surface area contributed by atoms with Crippen LogP contribution >= 0.6 is 0 Å². The van der Waals surface area contributed by atoms with Gasteiger partial charge in [0.15, 0.2) is 0 Å². The van der Waals surface area contributed by atoms with E-state index in [0.29, 0.717) is 6.04 Å². The maximum atomic E-state index is 11.9. The van der Waals surface area contributed by atoms with Gasteiger partial charge in [-0.15, -0.1) is 0 Å². The highest BCUT2D eigenvalue weighted by molar-refractivity contribution is 5.75. The van der Waals surface area contributed by atoms with Crippen LogP contribution in [0.25, 0.3) is 0 Å². The Morgan fingerprint density at radius 1 is 1.16 bits per heavy atom. The molecule has 112 valence electrons. The van der Waals surface area contributed by atoms with Crippen molar-refractivity contribution in [3.8, 4) is 0 Å². The minimum absolute atomic E-state index is 0.0826. The molecular weight excluding hydrogens is 238 g/mol. The number of carbonyl (C=O) groups excluding carboxylic acids is 1.